The first-order valence-electron chi connectivity index (χ1n) is 7.32. The van der Waals surface area contributed by atoms with Crippen molar-refractivity contribution in [1.82, 2.24) is 0 Å². The van der Waals surface area contributed by atoms with Gasteiger partial charge in [0.25, 0.3) is 0 Å². The van der Waals surface area contributed by atoms with Crippen molar-refractivity contribution in [2.24, 2.45) is 4.99 Å². The van der Waals surface area contributed by atoms with Crippen LogP contribution in [0.25, 0.3) is 0 Å². The molecule has 0 aliphatic carbocycles. The summed E-state index contributed by atoms with van der Waals surface area (Å²) in [6, 6.07) is 8.47. The number of aliphatic imine (C=N–C) groups is 1. The van der Waals surface area contributed by atoms with Crippen LogP contribution in [0.5, 0.6) is 11.5 Å². The summed E-state index contributed by atoms with van der Waals surface area (Å²) < 4.78 is 5.10. The van der Waals surface area contributed by atoms with Crippen molar-refractivity contribution in [3.05, 3.63) is 57.6 Å². The molecule has 1 aromatic carbocycles. The summed E-state index contributed by atoms with van der Waals surface area (Å²) in [5.74, 6) is 1.33. The normalized spacial score (nSPS) is 18.3. The average Bonchev–Trinajstić information content (AvgIpc) is 2.73. The number of rotatable bonds is 2. The summed E-state index contributed by atoms with van der Waals surface area (Å²) in [4.78, 5) is 16.6. The second-order valence-electron chi connectivity index (χ2n) is 5.39. The van der Waals surface area contributed by atoms with Gasteiger partial charge in [-0.3, -0.25) is 4.99 Å². The number of aromatic hydroxyl groups is 2. The van der Waals surface area contributed by atoms with Gasteiger partial charge in [-0.25, -0.2) is 4.79 Å². The first kappa shape index (κ1) is 15.7. The van der Waals surface area contributed by atoms with Crippen LogP contribution in [0.3, 0.4) is 0 Å². The summed E-state index contributed by atoms with van der Waals surface area (Å²) >= 11 is 1.75. The van der Waals surface area contributed by atoms with Crippen molar-refractivity contribution in [2.75, 3.05) is 12.3 Å². The lowest BCUT2D eigenvalue weighted by Crippen LogP contribution is -2.17. The third-order valence-electron chi connectivity index (χ3n) is 3.70. The summed E-state index contributed by atoms with van der Waals surface area (Å²) in [5, 5.41) is 19.7. The van der Waals surface area contributed by atoms with E-state index in [0.717, 1.165) is 11.3 Å². The van der Waals surface area contributed by atoms with Gasteiger partial charge in [-0.2, -0.15) is 11.8 Å². The van der Waals surface area contributed by atoms with E-state index in [9.17, 15) is 15.0 Å². The molecule has 120 valence electrons. The molecule has 6 heteroatoms. The Morgan fingerprint density at radius 3 is 2.70 bits per heavy atom. The predicted octanol–water partition coefficient (Wildman–Crippen LogP) is 3.03. The Morgan fingerprint density at radius 1 is 1.26 bits per heavy atom. The highest BCUT2D eigenvalue weighted by Crippen LogP contribution is 2.36. The lowest BCUT2D eigenvalue weighted by Gasteiger charge is -2.15. The first-order chi connectivity index (χ1) is 11.0. The van der Waals surface area contributed by atoms with Crippen LogP contribution in [0.2, 0.25) is 0 Å². The molecule has 2 N–H and O–H groups in total. The molecule has 2 aromatic rings. The van der Waals surface area contributed by atoms with Gasteiger partial charge >= 0.3 is 5.63 Å². The minimum atomic E-state index is -0.558. The van der Waals surface area contributed by atoms with Gasteiger partial charge in [-0.1, -0.05) is 12.1 Å². The second kappa shape index (κ2) is 6.50. The predicted molar refractivity (Wildman–Crippen MR) is 90.7 cm³/mol. The Bertz CT molecular complexity index is 795. The van der Waals surface area contributed by atoms with Crippen LogP contribution in [0.1, 0.15) is 28.6 Å². The molecule has 23 heavy (non-hydrogen) atoms. The van der Waals surface area contributed by atoms with Gasteiger partial charge in [0.2, 0.25) is 0 Å². The quantitative estimate of drug-likeness (QED) is 0.884. The molecule has 0 radical (unpaired) electrons. The summed E-state index contributed by atoms with van der Waals surface area (Å²) in [6.45, 7) is 2.20. The van der Waals surface area contributed by atoms with Crippen LogP contribution in [-0.2, 0) is 0 Å². The standard InChI is InChI=1S/C17H17NO4S/c1-10-8-14(20)16(17(21)22-10)13-9-15(23-7-6-18-13)11-2-4-12(19)5-3-11/h2-5,8,15,19-20H,6-7,9H2,1H3/t15-/m1/s1. The summed E-state index contributed by atoms with van der Waals surface area (Å²) in [5.41, 5.74) is 1.22. The maximum atomic E-state index is 12.1. The fourth-order valence-corrected chi connectivity index (χ4v) is 3.73. The van der Waals surface area contributed by atoms with E-state index in [1.807, 2.05) is 12.1 Å². The lowest BCUT2D eigenvalue weighted by molar-refractivity contribution is 0.432. The Kier molecular flexibility index (Phi) is 4.43. The Labute approximate surface area is 137 Å². The van der Waals surface area contributed by atoms with Crippen LogP contribution >= 0.6 is 11.8 Å². The van der Waals surface area contributed by atoms with Crippen LogP contribution in [0.15, 0.2) is 44.5 Å². The van der Waals surface area contributed by atoms with Crippen molar-refractivity contribution in [3.8, 4) is 11.5 Å². The highest BCUT2D eigenvalue weighted by Gasteiger charge is 2.23. The highest BCUT2D eigenvalue weighted by atomic mass is 32.2. The van der Waals surface area contributed by atoms with E-state index in [1.54, 1.807) is 30.8 Å². The molecule has 1 aromatic heterocycles. The number of thioether (sulfide) groups is 1. The van der Waals surface area contributed by atoms with Gasteiger partial charge < -0.3 is 14.6 Å². The third-order valence-corrected chi connectivity index (χ3v) is 4.96. The average molecular weight is 331 g/mol. The molecule has 0 saturated heterocycles. The molecule has 0 unspecified atom stereocenters. The zero-order valence-corrected chi connectivity index (χ0v) is 13.5. The molecular weight excluding hydrogens is 314 g/mol. The second-order valence-corrected chi connectivity index (χ2v) is 6.70. The van der Waals surface area contributed by atoms with Crippen molar-refractivity contribution in [3.63, 3.8) is 0 Å². The third kappa shape index (κ3) is 3.42. The highest BCUT2D eigenvalue weighted by molar-refractivity contribution is 7.99. The van der Waals surface area contributed by atoms with Gasteiger partial charge in [0.15, 0.2) is 0 Å². The summed E-state index contributed by atoms with van der Waals surface area (Å²) in [7, 11) is 0. The van der Waals surface area contributed by atoms with E-state index in [1.165, 1.54) is 6.07 Å². The van der Waals surface area contributed by atoms with Gasteiger partial charge in [-0.05, 0) is 24.6 Å². The van der Waals surface area contributed by atoms with E-state index >= 15 is 0 Å². The molecule has 1 aliphatic rings. The number of phenolic OH excluding ortho intramolecular Hbond substituents is 1. The zero-order valence-electron chi connectivity index (χ0n) is 12.7. The molecule has 1 atom stereocenters. The maximum absolute atomic E-state index is 12.1. The van der Waals surface area contributed by atoms with Crippen molar-refractivity contribution >= 4 is 17.5 Å². The van der Waals surface area contributed by atoms with E-state index in [-0.39, 0.29) is 22.3 Å². The van der Waals surface area contributed by atoms with Crippen LogP contribution in [-0.4, -0.2) is 28.2 Å². The largest absolute Gasteiger partial charge is 0.508 e. The van der Waals surface area contributed by atoms with Crippen molar-refractivity contribution in [2.45, 2.75) is 18.6 Å². The molecule has 0 spiro atoms. The molecule has 3 rings (SSSR count). The van der Waals surface area contributed by atoms with Gasteiger partial charge in [0.1, 0.15) is 22.8 Å². The number of aryl methyl sites for hydroxylation is 1. The Hall–Kier alpha value is -2.21. The number of nitrogens with zero attached hydrogens (tertiary/aromatic N) is 1. The van der Waals surface area contributed by atoms with Crippen molar-refractivity contribution in [1.29, 1.82) is 0 Å². The number of benzene rings is 1. The van der Waals surface area contributed by atoms with Crippen molar-refractivity contribution < 1.29 is 14.6 Å². The fraction of sp³-hybridized carbons (Fsp3) is 0.294. The van der Waals surface area contributed by atoms with Crippen LogP contribution in [0.4, 0.5) is 0 Å². The lowest BCUT2D eigenvalue weighted by atomic mass is 10.0. The molecule has 0 amide bonds. The number of hydrogen-bond donors (Lipinski definition) is 2. The Balaban J connectivity index is 1.95. The molecule has 0 saturated carbocycles. The topological polar surface area (TPSA) is 83.0 Å². The zero-order chi connectivity index (χ0) is 16.4. The van der Waals surface area contributed by atoms with E-state index < -0.39 is 5.63 Å². The molecular formula is C17H17NO4S. The SMILES string of the molecule is Cc1cc(O)c(C2=NCCS[C@@H](c3ccc(O)cc3)C2)c(=O)o1. The minimum Gasteiger partial charge on any atom is -0.508 e. The smallest absolute Gasteiger partial charge is 0.348 e. The molecule has 2 heterocycles. The molecule has 0 fully saturated rings. The number of phenols is 1. The molecule has 0 bridgehead atoms. The first-order valence-corrected chi connectivity index (χ1v) is 8.37. The van der Waals surface area contributed by atoms with Crippen LogP contribution in [0, 0.1) is 6.92 Å². The van der Waals surface area contributed by atoms with E-state index in [2.05, 4.69) is 4.99 Å². The maximum Gasteiger partial charge on any atom is 0.348 e. The Morgan fingerprint density at radius 2 is 2.00 bits per heavy atom. The van der Waals surface area contributed by atoms with Gasteiger partial charge in [0, 0.05) is 30.0 Å². The van der Waals surface area contributed by atoms with Crippen LogP contribution < -0.4 is 5.63 Å². The van der Waals surface area contributed by atoms with Gasteiger partial charge in [0.05, 0.1) is 5.71 Å². The summed E-state index contributed by atoms with van der Waals surface area (Å²) in [6.07, 6.45) is 0.525. The molecule has 5 nitrogen and oxygen atoms in total. The number of hydrogen-bond acceptors (Lipinski definition) is 6. The molecule has 1 aliphatic heterocycles. The minimum absolute atomic E-state index is 0.0890. The monoisotopic (exact) mass is 331 g/mol. The van der Waals surface area contributed by atoms with E-state index in [0.29, 0.717) is 24.4 Å². The fourth-order valence-electron chi connectivity index (χ4n) is 2.62. The van der Waals surface area contributed by atoms with Gasteiger partial charge in [-0.15, -0.1) is 0 Å². The van der Waals surface area contributed by atoms with E-state index in [4.69, 9.17) is 4.42 Å².